The van der Waals surface area contributed by atoms with Gasteiger partial charge in [-0.25, -0.2) is 0 Å². The number of H-pyrrole nitrogens is 1. The van der Waals surface area contributed by atoms with Gasteiger partial charge in [0, 0.05) is 28.2 Å². The van der Waals surface area contributed by atoms with Gasteiger partial charge in [-0.1, -0.05) is 30.5 Å². The normalized spacial score (nSPS) is 15.7. The Morgan fingerprint density at radius 1 is 1.25 bits per heavy atom. The minimum atomic E-state index is -0.521. The van der Waals surface area contributed by atoms with Gasteiger partial charge < -0.3 is 10.3 Å². The first kappa shape index (κ1) is 13.2. The molecule has 0 radical (unpaired) electrons. The van der Waals surface area contributed by atoms with E-state index in [4.69, 9.17) is 11.6 Å². The Labute approximate surface area is 121 Å². The quantitative estimate of drug-likeness (QED) is 0.674. The molecule has 5 heteroatoms. The van der Waals surface area contributed by atoms with Crippen molar-refractivity contribution < 1.29 is 9.59 Å². The number of fused-ring (bicyclic) bond motifs is 1. The molecular weight excluding hydrogens is 276 g/mol. The van der Waals surface area contributed by atoms with Crippen LogP contribution < -0.4 is 5.32 Å². The van der Waals surface area contributed by atoms with Gasteiger partial charge in [-0.3, -0.25) is 9.59 Å². The van der Waals surface area contributed by atoms with Crippen molar-refractivity contribution in [3.05, 3.63) is 35.0 Å². The first-order chi connectivity index (χ1) is 9.65. The lowest BCUT2D eigenvalue weighted by Crippen LogP contribution is -2.37. The molecule has 2 aromatic rings. The van der Waals surface area contributed by atoms with E-state index >= 15 is 0 Å². The summed E-state index contributed by atoms with van der Waals surface area (Å²) in [6.07, 6.45) is 5.72. The predicted octanol–water partition coefficient (Wildman–Crippen LogP) is 3.06. The molecule has 1 aliphatic rings. The van der Waals surface area contributed by atoms with Crippen molar-refractivity contribution >= 4 is 34.2 Å². The summed E-state index contributed by atoms with van der Waals surface area (Å²) in [4.78, 5) is 27.2. The maximum Gasteiger partial charge on any atom is 0.292 e. The number of aromatic amines is 1. The van der Waals surface area contributed by atoms with E-state index in [9.17, 15) is 9.59 Å². The Hall–Kier alpha value is -1.81. The van der Waals surface area contributed by atoms with Crippen LogP contribution in [0.1, 0.15) is 36.0 Å². The predicted molar refractivity (Wildman–Crippen MR) is 78.0 cm³/mol. The number of hydrogen-bond acceptors (Lipinski definition) is 2. The molecule has 4 nitrogen and oxygen atoms in total. The van der Waals surface area contributed by atoms with Crippen LogP contribution in [0.25, 0.3) is 10.9 Å². The summed E-state index contributed by atoms with van der Waals surface area (Å²) in [5.74, 6) is -1.02. The summed E-state index contributed by atoms with van der Waals surface area (Å²) in [6.45, 7) is 0. The number of nitrogens with one attached hydrogen (secondary N) is 2. The van der Waals surface area contributed by atoms with Gasteiger partial charge in [0.2, 0.25) is 0 Å². The van der Waals surface area contributed by atoms with Crippen molar-refractivity contribution in [3.8, 4) is 0 Å². The lowest BCUT2D eigenvalue weighted by Gasteiger charge is -2.10. The van der Waals surface area contributed by atoms with Crippen LogP contribution in [0.15, 0.2) is 24.4 Å². The zero-order valence-corrected chi connectivity index (χ0v) is 11.7. The number of rotatable bonds is 3. The molecule has 1 fully saturated rings. The molecule has 104 valence electrons. The standard InChI is InChI=1S/C15H15ClN2O2/c16-9-5-6-11-12(8-17-13(11)7-9)14(19)15(20)18-10-3-1-2-4-10/h5-8,10,17H,1-4H2,(H,18,20). The van der Waals surface area contributed by atoms with Crippen LogP contribution in [0, 0.1) is 0 Å². The molecule has 0 aliphatic heterocycles. The summed E-state index contributed by atoms with van der Waals surface area (Å²) in [6, 6.07) is 5.35. The number of hydrogen-bond donors (Lipinski definition) is 2. The van der Waals surface area contributed by atoms with Crippen molar-refractivity contribution in [1.82, 2.24) is 10.3 Å². The zero-order chi connectivity index (χ0) is 14.1. The summed E-state index contributed by atoms with van der Waals surface area (Å²) in [7, 11) is 0. The van der Waals surface area contributed by atoms with Gasteiger partial charge in [0.05, 0.1) is 5.56 Å². The molecule has 3 rings (SSSR count). The first-order valence-electron chi connectivity index (χ1n) is 6.77. The Morgan fingerprint density at radius 3 is 2.75 bits per heavy atom. The first-order valence-corrected chi connectivity index (χ1v) is 7.15. The number of carbonyl (C=O) groups is 2. The van der Waals surface area contributed by atoms with Crippen LogP contribution in [-0.2, 0) is 4.79 Å². The third kappa shape index (κ3) is 2.43. The smallest absolute Gasteiger partial charge is 0.292 e. The van der Waals surface area contributed by atoms with Crippen molar-refractivity contribution in [3.63, 3.8) is 0 Å². The minimum Gasteiger partial charge on any atom is -0.360 e. The van der Waals surface area contributed by atoms with Crippen LogP contribution in [0.3, 0.4) is 0 Å². The van der Waals surface area contributed by atoms with E-state index < -0.39 is 11.7 Å². The minimum absolute atomic E-state index is 0.145. The van der Waals surface area contributed by atoms with Gasteiger partial charge in [0.1, 0.15) is 0 Å². The van der Waals surface area contributed by atoms with E-state index in [0.717, 1.165) is 36.6 Å². The van der Waals surface area contributed by atoms with Gasteiger partial charge in [0.25, 0.3) is 11.7 Å². The Kier molecular flexibility index (Phi) is 3.49. The highest BCUT2D eigenvalue weighted by molar-refractivity contribution is 6.45. The van der Waals surface area contributed by atoms with Gasteiger partial charge in [-0.15, -0.1) is 0 Å². The summed E-state index contributed by atoms with van der Waals surface area (Å²) >= 11 is 5.90. The molecule has 0 spiro atoms. The van der Waals surface area contributed by atoms with E-state index in [1.54, 1.807) is 24.4 Å². The number of Topliss-reactive ketones (excluding diaryl/α,β-unsaturated/α-hetero) is 1. The average Bonchev–Trinajstić information content (AvgIpc) is 3.06. The maximum absolute atomic E-state index is 12.2. The molecule has 2 N–H and O–H groups in total. The molecule has 20 heavy (non-hydrogen) atoms. The fourth-order valence-corrected chi connectivity index (χ4v) is 2.90. The largest absolute Gasteiger partial charge is 0.360 e. The molecule has 1 aromatic carbocycles. The second-order valence-corrected chi connectivity index (χ2v) is 5.61. The van der Waals surface area contributed by atoms with Crippen LogP contribution >= 0.6 is 11.6 Å². The molecular formula is C15H15ClN2O2. The molecule has 1 aliphatic carbocycles. The number of amides is 1. The van der Waals surface area contributed by atoms with Gasteiger partial charge in [-0.05, 0) is 25.0 Å². The van der Waals surface area contributed by atoms with Crippen LogP contribution in [0.2, 0.25) is 5.02 Å². The number of halogens is 1. The third-order valence-corrected chi connectivity index (χ3v) is 4.02. The van der Waals surface area contributed by atoms with Crippen molar-refractivity contribution in [1.29, 1.82) is 0 Å². The van der Waals surface area contributed by atoms with E-state index in [0.29, 0.717) is 10.6 Å². The molecule has 0 atom stereocenters. The molecule has 1 heterocycles. The summed E-state index contributed by atoms with van der Waals surface area (Å²) in [5, 5.41) is 4.13. The van der Waals surface area contributed by atoms with Crippen LogP contribution in [0.4, 0.5) is 0 Å². The Bertz CT molecular complexity index is 672. The molecule has 0 saturated heterocycles. The Balaban J connectivity index is 1.82. The summed E-state index contributed by atoms with van der Waals surface area (Å²) < 4.78 is 0. The van der Waals surface area contributed by atoms with E-state index in [2.05, 4.69) is 10.3 Å². The number of aromatic nitrogens is 1. The monoisotopic (exact) mass is 290 g/mol. The molecule has 1 aromatic heterocycles. The maximum atomic E-state index is 12.2. The van der Waals surface area contributed by atoms with E-state index in [1.165, 1.54) is 0 Å². The van der Waals surface area contributed by atoms with Crippen LogP contribution in [0.5, 0.6) is 0 Å². The number of ketones is 1. The van der Waals surface area contributed by atoms with E-state index in [-0.39, 0.29) is 6.04 Å². The second-order valence-electron chi connectivity index (χ2n) is 5.18. The molecule has 0 bridgehead atoms. The second kappa shape index (κ2) is 5.29. The highest BCUT2D eigenvalue weighted by atomic mass is 35.5. The topological polar surface area (TPSA) is 62.0 Å². The average molecular weight is 291 g/mol. The molecule has 1 amide bonds. The summed E-state index contributed by atoms with van der Waals surface area (Å²) in [5.41, 5.74) is 1.15. The molecule has 0 unspecified atom stereocenters. The molecule has 1 saturated carbocycles. The lowest BCUT2D eigenvalue weighted by atomic mass is 10.1. The lowest BCUT2D eigenvalue weighted by molar-refractivity contribution is -0.117. The SMILES string of the molecule is O=C(NC1CCCC1)C(=O)c1c[nH]c2cc(Cl)ccc12. The fraction of sp³-hybridized carbons (Fsp3) is 0.333. The fourth-order valence-electron chi connectivity index (χ4n) is 2.73. The van der Waals surface area contributed by atoms with Crippen molar-refractivity contribution in [2.45, 2.75) is 31.7 Å². The van der Waals surface area contributed by atoms with Gasteiger partial charge >= 0.3 is 0 Å². The number of benzene rings is 1. The Morgan fingerprint density at radius 2 is 2.00 bits per heavy atom. The highest BCUT2D eigenvalue weighted by Gasteiger charge is 2.24. The van der Waals surface area contributed by atoms with Crippen LogP contribution in [-0.4, -0.2) is 22.7 Å². The number of carbonyl (C=O) groups excluding carboxylic acids is 2. The van der Waals surface area contributed by atoms with Crippen molar-refractivity contribution in [2.24, 2.45) is 0 Å². The van der Waals surface area contributed by atoms with Crippen molar-refractivity contribution in [2.75, 3.05) is 0 Å². The zero-order valence-electron chi connectivity index (χ0n) is 10.9. The van der Waals surface area contributed by atoms with Gasteiger partial charge in [0.15, 0.2) is 0 Å². The third-order valence-electron chi connectivity index (χ3n) is 3.79. The van der Waals surface area contributed by atoms with E-state index in [1.807, 2.05) is 0 Å². The van der Waals surface area contributed by atoms with Gasteiger partial charge in [-0.2, -0.15) is 0 Å². The highest BCUT2D eigenvalue weighted by Crippen LogP contribution is 2.23.